The third-order valence-electron chi connectivity index (χ3n) is 6.60. The number of carbonyl (C=O) groups excluding carboxylic acids is 2. The zero-order valence-electron chi connectivity index (χ0n) is 21.8. The lowest BCUT2D eigenvalue weighted by atomic mass is 9.91. The quantitative estimate of drug-likeness (QED) is 0.175. The normalized spacial score (nSPS) is 15.3. The van der Waals surface area contributed by atoms with Gasteiger partial charge < -0.3 is 32.1 Å². The summed E-state index contributed by atoms with van der Waals surface area (Å²) in [4.78, 5) is 25.5. The molecular weight excluding hydrogens is 494 g/mol. The number of amides is 2. The van der Waals surface area contributed by atoms with Gasteiger partial charge in [0, 0.05) is 12.5 Å². The Morgan fingerprint density at radius 1 is 0.795 bits per heavy atom. The van der Waals surface area contributed by atoms with Crippen molar-refractivity contribution in [3.8, 4) is 5.75 Å². The molecule has 0 bridgehead atoms. The second-order valence-corrected chi connectivity index (χ2v) is 9.71. The number of rotatable bonds is 14. The molecule has 0 aliphatic heterocycles. The summed E-state index contributed by atoms with van der Waals surface area (Å²) in [5, 5.41) is 33.6. The van der Waals surface area contributed by atoms with Crippen LogP contribution in [-0.2, 0) is 28.9 Å². The van der Waals surface area contributed by atoms with Crippen molar-refractivity contribution in [3.63, 3.8) is 0 Å². The summed E-state index contributed by atoms with van der Waals surface area (Å²) in [5.41, 5.74) is 14.3. The molecule has 0 saturated heterocycles. The number of primary amides is 1. The van der Waals surface area contributed by atoms with Gasteiger partial charge in [-0.1, -0.05) is 84.9 Å². The summed E-state index contributed by atoms with van der Waals surface area (Å²) in [7, 11) is 0. The average Bonchev–Trinajstić information content (AvgIpc) is 2.93. The van der Waals surface area contributed by atoms with E-state index in [0.717, 1.165) is 16.7 Å². The standard InChI is InChI=1S/C31H37N3O5/c32-26(19-23-14-16-24(35)17-15-23)29(37)13-7-12-28(36)25(18-21-8-3-1-4-9-21)31(39)34-27(30(33)38)20-22-10-5-2-6-11-22/h1-12,14-17,25-29,35-37H,13,18-20,32H2,(H2,33,38)(H,34,39). The monoisotopic (exact) mass is 531 g/mol. The zero-order chi connectivity index (χ0) is 28.2. The lowest BCUT2D eigenvalue weighted by Gasteiger charge is -2.24. The van der Waals surface area contributed by atoms with Crippen molar-refractivity contribution in [3.05, 3.63) is 114 Å². The van der Waals surface area contributed by atoms with Gasteiger partial charge in [-0.25, -0.2) is 0 Å². The van der Waals surface area contributed by atoms with E-state index in [1.165, 1.54) is 6.08 Å². The predicted octanol–water partition coefficient (Wildman–Crippen LogP) is 2.00. The van der Waals surface area contributed by atoms with E-state index in [9.17, 15) is 24.9 Å². The summed E-state index contributed by atoms with van der Waals surface area (Å²) in [6.45, 7) is 0. The molecule has 0 spiro atoms. The van der Waals surface area contributed by atoms with Crippen LogP contribution in [0.5, 0.6) is 5.75 Å². The minimum absolute atomic E-state index is 0.154. The maximum Gasteiger partial charge on any atom is 0.240 e. The molecule has 8 nitrogen and oxygen atoms in total. The lowest BCUT2D eigenvalue weighted by Crippen LogP contribution is -2.50. The first kappa shape index (κ1) is 29.6. The molecule has 0 aromatic heterocycles. The Bertz CT molecular complexity index is 1200. The summed E-state index contributed by atoms with van der Waals surface area (Å²) >= 11 is 0. The van der Waals surface area contributed by atoms with Crippen LogP contribution >= 0.6 is 0 Å². The molecule has 5 unspecified atom stereocenters. The summed E-state index contributed by atoms with van der Waals surface area (Å²) in [6.07, 6.45) is 2.06. The Hall–Kier alpha value is -3.98. The smallest absolute Gasteiger partial charge is 0.240 e. The van der Waals surface area contributed by atoms with E-state index in [1.807, 2.05) is 60.7 Å². The molecule has 0 radical (unpaired) electrons. The van der Waals surface area contributed by atoms with E-state index in [4.69, 9.17) is 11.5 Å². The number of nitrogens with two attached hydrogens (primary N) is 2. The number of phenolic OH excluding ortho intramolecular Hbond substituents is 1. The number of carbonyl (C=O) groups is 2. The van der Waals surface area contributed by atoms with Crippen molar-refractivity contribution in [2.24, 2.45) is 17.4 Å². The summed E-state index contributed by atoms with van der Waals surface area (Å²) < 4.78 is 0. The number of phenols is 1. The molecule has 5 atom stereocenters. The molecule has 0 heterocycles. The van der Waals surface area contributed by atoms with Gasteiger partial charge in [0.25, 0.3) is 0 Å². The van der Waals surface area contributed by atoms with E-state index in [1.54, 1.807) is 30.3 Å². The number of hydrogen-bond donors (Lipinski definition) is 6. The van der Waals surface area contributed by atoms with E-state index in [-0.39, 0.29) is 25.0 Å². The highest BCUT2D eigenvalue weighted by Crippen LogP contribution is 2.17. The molecular formula is C31H37N3O5. The van der Waals surface area contributed by atoms with Gasteiger partial charge >= 0.3 is 0 Å². The highest BCUT2D eigenvalue weighted by atomic mass is 16.3. The van der Waals surface area contributed by atoms with Gasteiger partial charge in [0.1, 0.15) is 11.8 Å². The third-order valence-corrected chi connectivity index (χ3v) is 6.60. The molecule has 0 aliphatic rings. The number of hydrogen-bond acceptors (Lipinski definition) is 6. The SMILES string of the molecule is NC(=O)C(Cc1ccccc1)NC(=O)C(Cc1ccccc1)C(O)C=CCC(O)C(N)Cc1ccc(O)cc1. The minimum Gasteiger partial charge on any atom is -0.508 e. The molecule has 8 N–H and O–H groups in total. The number of aromatic hydroxyl groups is 1. The van der Waals surface area contributed by atoms with Crippen LogP contribution in [0, 0.1) is 5.92 Å². The van der Waals surface area contributed by atoms with Gasteiger partial charge in [0.2, 0.25) is 11.8 Å². The summed E-state index contributed by atoms with van der Waals surface area (Å²) in [6, 6.07) is 23.6. The van der Waals surface area contributed by atoms with Gasteiger partial charge in [-0.05, 0) is 48.1 Å². The molecule has 0 fully saturated rings. The maximum absolute atomic E-state index is 13.3. The van der Waals surface area contributed by atoms with E-state index in [2.05, 4.69) is 5.32 Å². The fourth-order valence-electron chi connectivity index (χ4n) is 4.29. The van der Waals surface area contributed by atoms with Crippen molar-refractivity contribution < 1.29 is 24.9 Å². The molecule has 8 heteroatoms. The van der Waals surface area contributed by atoms with Gasteiger partial charge in [-0.2, -0.15) is 0 Å². The Kier molecular flexibility index (Phi) is 11.2. The molecule has 39 heavy (non-hydrogen) atoms. The first-order valence-corrected chi connectivity index (χ1v) is 13.0. The van der Waals surface area contributed by atoms with Crippen LogP contribution in [-0.4, -0.2) is 51.4 Å². The van der Waals surface area contributed by atoms with Crippen molar-refractivity contribution >= 4 is 11.8 Å². The fourth-order valence-corrected chi connectivity index (χ4v) is 4.29. The predicted molar refractivity (Wildman–Crippen MR) is 150 cm³/mol. The Morgan fingerprint density at radius 2 is 1.33 bits per heavy atom. The van der Waals surface area contributed by atoms with Crippen LogP contribution < -0.4 is 16.8 Å². The van der Waals surface area contributed by atoms with Crippen molar-refractivity contribution in [2.75, 3.05) is 0 Å². The Balaban J connectivity index is 1.66. The number of benzene rings is 3. The summed E-state index contributed by atoms with van der Waals surface area (Å²) in [5.74, 6) is -1.91. The molecule has 2 amide bonds. The second kappa shape index (κ2) is 14.8. The molecule has 206 valence electrons. The third kappa shape index (κ3) is 9.68. The first-order chi connectivity index (χ1) is 18.7. The van der Waals surface area contributed by atoms with Crippen molar-refractivity contribution in [1.82, 2.24) is 5.32 Å². The first-order valence-electron chi connectivity index (χ1n) is 13.0. The topological polar surface area (TPSA) is 159 Å². The van der Waals surface area contributed by atoms with E-state index in [0.29, 0.717) is 6.42 Å². The fraction of sp³-hybridized carbons (Fsp3) is 0.290. The van der Waals surface area contributed by atoms with Gasteiger partial charge in [0.15, 0.2) is 0 Å². The average molecular weight is 532 g/mol. The lowest BCUT2D eigenvalue weighted by molar-refractivity contribution is -0.131. The highest BCUT2D eigenvalue weighted by molar-refractivity contribution is 5.88. The maximum atomic E-state index is 13.3. The van der Waals surface area contributed by atoms with E-state index >= 15 is 0 Å². The highest BCUT2D eigenvalue weighted by Gasteiger charge is 2.29. The van der Waals surface area contributed by atoms with Gasteiger partial charge in [-0.15, -0.1) is 0 Å². The van der Waals surface area contributed by atoms with E-state index < -0.39 is 42.0 Å². The number of nitrogens with one attached hydrogen (secondary N) is 1. The largest absolute Gasteiger partial charge is 0.508 e. The van der Waals surface area contributed by atoms with Crippen LogP contribution in [0.15, 0.2) is 97.1 Å². The Labute approximate surface area is 229 Å². The second-order valence-electron chi connectivity index (χ2n) is 9.71. The van der Waals surface area contributed by atoms with Gasteiger partial charge in [-0.3, -0.25) is 9.59 Å². The molecule has 3 aromatic carbocycles. The molecule has 3 rings (SSSR count). The van der Waals surface area contributed by atoms with Crippen LogP contribution in [0.25, 0.3) is 0 Å². The molecule has 3 aromatic rings. The van der Waals surface area contributed by atoms with Gasteiger partial charge in [0.05, 0.1) is 18.1 Å². The van der Waals surface area contributed by atoms with Crippen LogP contribution in [0.3, 0.4) is 0 Å². The molecule has 0 aliphatic carbocycles. The van der Waals surface area contributed by atoms with Crippen molar-refractivity contribution in [2.45, 2.75) is 50.0 Å². The number of aliphatic hydroxyl groups excluding tert-OH is 2. The molecule has 0 saturated carbocycles. The minimum atomic E-state index is -1.18. The Morgan fingerprint density at radius 3 is 1.90 bits per heavy atom. The van der Waals surface area contributed by atoms with Crippen LogP contribution in [0.1, 0.15) is 23.1 Å². The van der Waals surface area contributed by atoms with Crippen LogP contribution in [0.2, 0.25) is 0 Å². The van der Waals surface area contributed by atoms with Crippen molar-refractivity contribution in [1.29, 1.82) is 0 Å². The number of aliphatic hydroxyl groups is 2. The zero-order valence-corrected chi connectivity index (χ0v) is 21.8. The van der Waals surface area contributed by atoms with Crippen LogP contribution in [0.4, 0.5) is 0 Å².